The van der Waals surface area contributed by atoms with Crippen LogP contribution in [-0.4, -0.2) is 12.5 Å². The van der Waals surface area contributed by atoms with Crippen LogP contribution in [0.25, 0.3) is 0 Å². The molecule has 2 nitrogen and oxygen atoms in total. The van der Waals surface area contributed by atoms with Gasteiger partial charge in [0.15, 0.2) is 0 Å². The van der Waals surface area contributed by atoms with Crippen molar-refractivity contribution >= 4 is 33.4 Å². The lowest BCUT2D eigenvalue weighted by Gasteiger charge is -2.04. The van der Waals surface area contributed by atoms with Crippen molar-refractivity contribution < 1.29 is 4.79 Å². The summed E-state index contributed by atoms with van der Waals surface area (Å²) >= 11 is 9.16. The fourth-order valence-corrected chi connectivity index (χ4v) is 2.08. The van der Waals surface area contributed by atoms with Crippen LogP contribution in [0.4, 0.5) is 0 Å². The Labute approximate surface area is 109 Å². The van der Waals surface area contributed by atoms with Gasteiger partial charge < -0.3 is 5.32 Å². The van der Waals surface area contributed by atoms with Crippen LogP contribution in [0.5, 0.6) is 0 Å². The van der Waals surface area contributed by atoms with Gasteiger partial charge in [-0.2, -0.15) is 0 Å². The van der Waals surface area contributed by atoms with Crippen LogP contribution >= 0.6 is 27.5 Å². The van der Waals surface area contributed by atoms with Crippen molar-refractivity contribution in [1.82, 2.24) is 5.32 Å². The predicted molar refractivity (Wildman–Crippen MR) is 70.9 cm³/mol. The molecule has 0 bridgehead atoms. The highest BCUT2D eigenvalue weighted by molar-refractivity contribution is 9.10. The van der Waals surface area contributed by atoms with Gasteiger partial charge in [-0.05, 0) is 31.5 Å². The number of carbonyl (C=O) groups excluding carboxylic acids is 1. The van der Waals surface area contributed by atoms with E-state index in [1.54, 1.807) is 18.2 Å². The van der Waals surface area contributed by atoms with E-state index in [0.29, 0.717) is 17.1 Å². The summed E-state index contributed by atoms with van der Waals surface area (Å²) in [5.41, 5.74) is 0.569. The summed E-state index contributed by atoms with van der Waals surface area (Å²) in [5, 5.41) is 3.37. The number of nitrogens with one attached hydrogen (secondary N) is 1. The SMILES string of the molecule is C/C=C/CCNC(=O)c1cc(Cl)cc(Br)c1. The summed E-state index contributed by atoms with van der Waals surface area (Å²) < 4.78 is 0.804. The molecule has 0 aliphatic carbocycles. The molecule has 1 aromatic rings. The minimum absolute atomic E-state index is 0.104. The third-order valence-electron chi connectivity index (χ3n) is 1.96. The van der Waals surface area contributed by atoms with Gasteiger partial charge in [-0.3, -0.25) is 4.79 Å². The lowest BCUT2D eigenvalue weighted by Crippen LogP contribution is -2.24. The van der Waals surface area contributed by atoms with Gasteiger partial charge >= 0.3 is 0 Å². The van der Waals surface area contributed by atoms with Crippen LogP contribution in [-0.2, 0) is 0 Å². The summed E-state index contributed by atoms with van der Waals surface area (Å²) in [6.07, 6.45) is 4.81. The smallest absolute Gasteiger partial charge is 0.251 e. The molecule has 0 spiro atoms. The molecular formula is C12H13BrClNO. The second kappa shape index (κ2) is 6.71. The minimum Gasteiger partial charge on any atom is -0.352 e. The van der Waals surface area contributed by atoms with Gasteiger partial charge in [0.2, 0.25) is 0 Å². The van der Waals surface area contributed by atoms with Crippen LogP contribution in [0.1, 0.15) is 23.7 Å². The Kier molecular flexibility index (Phi) is 5.56. The standard InChI is InChI=1S/C12H13BrClNO/c1-2-3-4-5-15-12(16)9-6-10(13)8-11(14)7-9/h2-3,6-8H,4-5H2,1H3,(H,15,16)/b3-2+. The lowest BCUT2D eigenvalue weighted by molar-refractivity contribution is 0.0954. The number of rotatable bonds is 4. The quantitative estimate of drug-likeness (QED) is 0.665. The van der Waals surface area contributed by atoms with Gasteiger partial charge in [-0.15, -0.1) is 0 Å². The van der Waals surface area contributed by atoms with Crippen molar-refractivity contribution in [3.05, 3.63) is 45.4 Å². The molecule has 0 heterocycles. The van der Waals surface area contributed by atoms with Gasteiger partial charge in [0.25, 0.3) is 5.91 Å². The fourth-order valence-electron chi connectivity index (χ4n) is 1.22. The van der Waals surface area contributed by atoms with Crippen molar-refractivity contribution in [3.63, 3.8) is 0 Å². The first kappa shape index (κ1) is 13.3. The summed E-state index contributed by atoms with van der Waals surface area (Å²) in [6.45, 7) is 2.59. The Morgan fingerprint density at radius 2 is 2.25 bits per heavy atom. The molecule has 0 fully saturated rings. The first-order chi connectivity index (χ1) is 7.63. The third kappa shape index (κ3) is 4.37. The van der Waals surface area contributed by atoms with E-state index in [1.807, 2.05) is 19.1 Å². The Morgan fingerprint density at radius 3 is 2.88 bits per heavy atom. The third-order valence-corrected chi connectivity index (χ3v) is 2.63. The van der Waals surface area contributed by atoms with Crippen LogP contribution in [0.15, 0.2) is 34.8 Å². The molecule has 0 aliphatic heterocycles. The van der Waals surface area contributed by atoms with E-state index < -0.39 is 0 Å². The largest absolute Gasteiger partial charge is 0.352 e. The average molecular weight is 303 g/mol. The number of hydrogen-bond acceptors (Lipinski definition) is 1. The minimum atomic E-state index is -0.104. The molecule has 0 unspecified atom stereocenters. The molecular weight excluding hydrogens is 289 g/mol. The van der Waals surface area contributed by atoms with Crippen molar-refractivity contribution in [3.8, 4) is 0 Å². The first-order valence-corrected chi connectivity index (χ1v) is 6.16. The maximum atomic E-state index is 11.7. The number of benzene rings is 1. The van der Waals surface area contributed by atoms with Gasteiger partial charge in [0, 0.05) is 21.6 Å². The van der Waals surface area contributed by atoms with Gasteiger partial charge in [0.05, 0.1) is 0 Å². The number of carbonyl (C=O) groups is 1. The summed E-state index contributed by atoms with van der Waals surface area (Å²) in [4.78, 5) is 11.7. The molecule has 0 radical (unpaired) electrons. The topological polar surface area (TPSA) is 29.1 Å². The number of halogens is 2. The molecule has 0 aliphatic rings. The van der Waals surface area contributed by atoms with Crippen LogP contribution in [0, 0.1) is 0 Å². The maximum absolute atomic E-state index is 11.7. The molecule has 86 valence electrons. The Bertz CT molecular complexity index is 384. The van der Waals surface area contributed by atoms with Gasteiger partial charge in [0.1, 0.15) is 0 Å². The van der Waals surface area contributed by atoms with E-state index in [9.17, 15) is 4.79 Å². The van der Waals surface area contributed by atoms with E-state index in [2.05, 4.69) is 21.2 Å². The van der Waals surface area contributed by atoms with E-state index >= 15 is 0 Å². The number of amides is 1. The maximum Gasteiger partial charge on any atom is 0.251 e. The van der Waals surface area contributed by atoms with Crippen LogP contribution < -0.4 is 5.32 Å². The summed E-state index contributed by atoms with van der Waals surface area (Å²) in [5.74, 6) is -0.104. The zero-order valence-electron chi connectivity index (χ0n) is 8.97. The van der Waals surface area contributed by atoms with E-state index in [0.717, 1.165) is 10.9 Å². The first-order valence-electron chi connectivity index (χ1n) is 4.99. The van der Waals surface area contributed by atoms with Crippen molar-refractivity contribution in [1.29, 1.82) is 0 Å². The van der Waals surface area contributed by atoms with E-state index in [1.165, 1.54) is 0 Å². The van der Waals surface area contributed by atoms with Gasteiger partial charge in [-0.1, -0.05) is 39.7 Å². The second-order valence-electron chi connectivity index (χ2n) is 3.27. The zero-order valence-corrected chi connectivity index (χ0v) is 11.3. The highest BCUT2D eigenvalue weighted by Crippen LogP contribution is 2.19. The van der Waals surface area contributed by atoms with Crippen molar-refractivity contribution in [2.75, 3.05) is 6.54 Å². The highest BCUT2D eigenvalue weighted by atomic mass is 79.9. The predicted octanol–water partition coefficient (Wildman–Crippen LogP) is 3.80. The van der Waals surface area contributed by atoms with E-state index in [-0.39, 0.29) is 5.91 Å². The number of hydrogen-bond donors (Lipinski definition) is 1. The Balaban J connectivity index is 2.59. The van der Waals surface area contributed by atoms with Crippen molar-refractivity contribution in [2.24, 2.45) is 0 Å². The second-order valence-corrected chi connectivity index (χ2v) is 4.62. The normalized spacial score (nSPS) is 10.7. The molecule has 0 aromatic heterocycles. The molecule has 4 heteroatoms. The monoisotopic (exact) mass is 301 g/mol. The molecule has 0 atom stereocenters. The summed E-state index contributed by atoms with van der Waals surface area (Å²) in [6, 6.07) is 5.15. The average Bonchev–Trinajstić information content (AvgIpc) is 2.22. The summed E-state index contributed by atoms with van der Waals surface area (Å²) in [7, 11) is 0. The van der Waals surface area contributed by atoms with Gasteiger partial charge in [-0.25, -0.2) is 0 Å². The molecule has 1 amide bonds. The van der Waals surface area contributed by atoms with Crippen LogP contribution in [0.2, 0.25) is 5.02 Å². The molecule has 0 saturated carbocycles. The molecule has 1 rings (SSSR count). The zero-order chi connectivity index (χ0) is 12.0. The van der Waals surface area contributed by atoms with Crippen LogP contribution in [0.3, 0.4) is 0 Å². The Hall–Kier alpha value is -0.800. The highest BCUT2D eigenvalue weighted by Gasteiger charge is 2.06. The lowest BCUT2D eigenvalue weighted by atomic mass is 10.2. The Morgan fingerprint density at radius 1 is 1.50 bits per heavy atom. The molecule has 1 N–H and O–H groups in total. The van der Waals surface area contributed by atoms with Crippen molar-refractivity contribution in [2.45, 2.75) is 13.3 Å². The molecule has 0 saturated heterocycles. The number of allylic oxidation sites excluding steroid dienone is 1. The van der Waals surface area contributed by atoms with E-state index in [4.69, 9.17) is 11.6 Å². The molecule has 1 aromatic carbocycles. The molecule has 16 heavy (non-hydrogen) atoms. The fraction of sp³-hybridized carbons (Fsp3) is 0.250.